The summed E-state index contributed by atoms with van der Waals surface area (Å²) in [5.74, 6) is 7.04. The molecule has 3 N–H and O–H groups in total. The molecule has 0 aliphatic heterocycles. The third-order valence-corrected chi connectivity index (χ3v) is 3.15. The van der Waals surface area contributed by atoms with Gasteiger partial charge in [-0.25, -0.2) is 0 Å². The van der Waals surface area contributed by atoms with Gasteiger partial charge in [0, 0.05) is 18.8 Å². The molecule has 2 atom stereocenters. The van der Waals surface area contributed by atoms with Crippen molar-refractivity contribution in [2.75, 3.05) is 0 Å². The van der Waals surface area contributed by atoms with E-state index in [0.717, 1.165) is 5.92 Å². The van der Waals surface area contributed by atoms with Gasteiger partial charge in [-0.05, 0) is 24.7 Å². The van der Waals surface area contributed by atoms with Crippen molar-refractivity contribution in [3.8, 4) is 0 Å². The monoisotopic (exact) mass is 194 g/mol. The zero-order valence-electron chi connectivity index (χ0n) is 8.77. The zero-order chi connectivity index (χ0) is 10.1. The fourth-order valence-corrected chi connectivity index (χ4v) is 2.05. The van der Waals surface area contributed by atoms with E-state index in [4.69, 9.17) is 5.84 Å². The Morgan fingerprint density at radius 3 is 2.79 bits per heavy atom. The highest BCUT2D eigenvalue weighted by Crippen LogP contribution is 2.42. The lowest BCUT2D eigenvalue weighted by molar-refractivity contribution is 0.354. The van der Waals surface area contributed by atoms with Crippen molar-refractivity contribution in [1.29, 1.82) is 0 Å². The molecule has 0 spiro atoms. The molecule has 78 valence electrons. The van der Waals surface area contributed by atoms with E-state index in [1.165, 1.54) is 18.4 Å². The second-order valence-corrected chi connectivity index (χ2v) is 4.29. The van der Waals surface area contributed by atoms with Crippen molar-refractivity contribution in [2.45, 2.75) is 25.8 Å². The summed E-state index contributed by atoms with van der Waals surface area (Å²) >= 11 is 0. The fraction of sp³-hybridized carbons (Fsp3) is 0.700. The highest BCUT2D eigenvalue weighted by molar-refractivity contribution is 5.12. The van der Waals surface area contributed by atoms with Crippen molar-refractivity contribution >= 4 is 0 Å². The van der Waals surface area contributed by atoms with Crippen molar-refractivity contribution in [3.63, 3.8) is 0 Å². The first-order valence-electron chi connectivity index (χ1n) is 5.17. The number of hydrazine groups is 1. The van der Waals surface area contributed by atoms with Crippen molar-refractivity contribution < 1.29 is 0 Å². The molecule has 1 saturated carbocycles. The number of aryl methyl sites for hydroxylation is 1. The molecular formula is C10H18N4. The molecule has 4 heteroatoms. The van der Waals surface area contributed by atoms with Gasteiger partial charge in [-0.2, -0.15) is 5.10 Å². The first-order chi connectivity index (χ1) is 6.72. The average Bonchev–Trinajstić information content (AvgIpc) is 2.92. The summed E-state index contributed by atoms with van der Waals surface area (Å²) in [7, 11) is 1.93. The summed E-state index contributed by atoms with van der Waals surface area (Å²) in [6.07, 6.45) is 6.62. The van der Waals surface area contributed by atoms with E-state index >= 15 is 0 Å². The second-order valence-electron chi connectivity index (χ2n) is 4.29. The van der Waals surface area contributed by atoms with E-state index in [-0.39, 0.29) is 6.04 Å². The maximum atomic E-state index is 5.59. The molecule has 14 heavy (non-hydrogen) atoms. The zero-order valence-corrected chi connectivity index (χ0v) is 8.77. The standard InChI is InChI=1S/C10H18N4/c1-7(8-3-4-8)10(13-11)9-5-12-14(2)6-9/h5-8,10,13H,3-4,11H2,1-2H3. The quantitative estimate of drug-likeness (QED) is 0.554. The smallest absolute Gasteiger partial charge is 0.0538 e. The summed E-state index contributed by atoms with van der Waals surface area (Å²) in [6, 6.07) is 0.246. The maximum Gasteiger partial charge on any atom is 0.0538 e. The maximum absolute atomic E-state index is 5.59. The van der Waals surface area contributed by atoms with Gasteiger partial charge < -0.3 is 0 Å². The van der Waals surface area contributed by atoms with Gasteiger partial charge in [0.05, 0.1) is 12.2 Å². The van der Waals surface area contributed by atoms with Gasteiger partial charge in [-0.1, -0.05) is 6.92 Å². The molecule has 1 aliphatic carbocycles. The number of aromatic nitrogens is 2. The van der Waals surface area contributed by atoms with Crippen LogP contribution in [-0.2, 0) is 7.05 Å². The molecule has 2 rings (SSSR count). The van der Waals surface area contributed by atoms with Crippen LogP contribution in [0.4, 0.5) is 0 Å². The number of nitrogens with two attached hydrogens (primary N) is 1. The van der Waals surface area contributed by atoms with E-state index in [1.54, 1.807) is 0 Å². The number of hydrogen-bond acceptors (Lipinski definition) is 3. The molecule has 2 unspecified atom stereocenters. The molecule has 4 nitrogen and oxygen atoms in total. The number of rotatable bonds is 4. The van der Waals surface area contributed by atoms with Gasteiger partial charge in [-0.3, -0.25) is 16.0 Å². The van der Waals surface area contributed by atoms with Crippen LogP contribution in [0.15, 0.2) is 12.4 Å². The minimum absolute atomic E-state index is 0.246. The van der Waals surface area contributed by atoms with Crippen LogP contribution < -0.4 is 11.3 Å². The molecule has 1 aromatic heterocycles. The lowest BCUT2D eigenvalue weighted by atomic mass is 9.93. The molecule has 1 aliphatic rings. The summed E-state index contributed by atoms with van der Waals surface area (Å²) in [5.41, 5.74) is 4.09. The predicted molar refractivity (Wildman–Crippen MR) is 55.2 cm³/mol. The van der Waals surface area contributed by atoms with Crippen LogP contribution in [0.2, 0.25) is 0 Å². The Kier molecular flexibility index (Phi) is 2.56. The summed E-state index contributed by atoms with van der Waals surface area (Å²) in [4.78, 5) is 0. The third-order valence-electron chi connectivity index (χ3n) is 3.15. The molecule has 0 bridgehead atoms. The highest BCUT2D eigenvalue weighted by atomic mass is 15.3. The molecule has 1 aromatic rings. The van der Waals surface area contributed by atoms with E-state index in [1.807, 2.05) is 24.1 Å². The van der Waals surface area contributed by atoms with Crippen LogP contribution in [0.3, 0.4) is 0 Å². The lowest BCUT2D eigenvalue weighted by Gasteiger charge is -2.21. The van der Waals surface area contributed by atoms with E-state index in [0.29, 0.717) is 5.92 Å². The Balaban J connectivity index is 2.11. The SMILES string of the molecule is CC(C1CC1)C(NN)c1cnn(C)c1. The van der Waals surface area contributed by atoms with E-state index in [9.17, 15) is 0 Å². The van der Waals surface area contributed by atoms with Gasteiger partial charge in [-0.15, -0.1) is 0 Å². The van der Waals surface area contributed by atoms with Gasteiger partial charge in [0.25, 0.3) is 0 Å². The second kappa shape index (κ2) is 3.71. The third kappa shape index (κ3) is 1.81. The minimum atomic E-state index is 0.246. The predicted octanol–water partition coefficient (Wildman–Crippen LogP) is 0.971. The number of nitrogens with zero attached hydrogens (tertiary/aromatic N) is 2. The Labute approximate surface area is 84.4 Å². The van der Waals surface area contributed by atoms with Gasteiger partial charge in [0.2, 0.25) is 0 Å². The summed E-state index contributed by atoms with van der Waals surface area (Å²) < 4.78 is 1.82. The number of hydrogen-bond donors (Lipinski definition) is 2. The molecule has 1 fully saturated rings. The Bertz CT molecular complexity index is 303. The molecule has 0 saturated heterocycles. The largest absolute Gasteiger partial charge is 0.275 e. The van der Waals surface area contributed by atoms with Crippen molar-refractivity contribution in [2.24, 2.45) is 24.7 Å². The van der Waals surface area contributed by atoms with Crippen LogP contribution in [0.5, 0.6) is 0 Å². The van der Waals surface area contributed by atoms with Crippen LogP contribution in [0, 0.1) is 11.8 Å². The van der Waals surface area contributed by atoms with Crippen LogP contribution >= 0.6 is 0 Å². The fourth-order valence-electron chi connectivity index (χ4n) is 2.05. The van der Waals surface area contributed by atoms with Gasteiger partial charge in [0.1, 0.15) is 0 Å². The highest BCUT2D eigenvalue weighted by Gasteiger charge is 2.33. The molecule has 0 radical (unpaired) electrons. The lowest BCUT2D eigenvalue weighted by Crippen LogP contribution is -2.33. The Hall–Kier alpha value is -0.870. The first kappa shape index (κ1) is 9.68. The van der Waals surface area contributed by atoms with Crippen LogP contribution in [0.25, 0.3) is 0 Å². The Morgan fingerprint density at radius 2 is 2.36 bits per heavy atom. The molecule has 0 amide bonds. The number of nitrogens with one attached hydrogen (secondary N) is 1. The topological polar surface area (TPSA) is 55.9 Å². The van der Waals surface area contributed by atoms with E-state index < -0.39 is 0 Å². The molecular weight excluding hydrogens is 176 g/mol. The Morgan fingerprint density at radius 1 is 1.64 bits per heavy atom. The minimum Gasteiger partial charge on any atom is -0.275 e. The van der Waals surface area contributed by atoms with Crippen molar-refractivity contribution in [1.82, 2.24) is 15.2 Å². The van der Waals surface area contributed by atoms with E-state index in [2.05, 4.69) is 17.4 Å². The van der Waals surface area contributed by atoms with Crippen LogP contribution in [-0.4, -0.2) is 9.78 Å². The average molecular weight is 194 g/mol. The summed E-state index contributed by atoms with van der Waals surface area (Å²) in [5, 5.41) is 4.17. The normalized spacial score (nSPS) is 20.8. The molecule has 1 heterocycles. The van der Waals surface area contributed by atoms with Crippen molar-refractivity contribution in [3.05, 3.63) is 18.0 Å². The molecule has 0 aromatic carbocycles. The van der Waals surface area contributed by atoms with Gasteiger partial charge >= 0.3 is 0 Å². The summed E-state index contributed by atoms with van der Waals surface area (Å²) in [6.45, 7) is 2.26. The first-order valence-corrected chi connectivity index (χ1v) is 5.17. The van der Waals surface area contributed by atoms with Gasteiger partial charge in [0.15, 0.2) is 0 Å². The van der Waals surface area contributed by atoms with Crippen LogP contribution in [0.1, 0.15) is 31.4 Å².